The Kier molecular flexibility index (Phi) is 34.9. The maximum Gasteiger partial charge on any atom is 0.330 e. The van der Waals surface area contributed by atoms with Crippen molar-refractivity contribution < 1.29 is 139 Å². The molecule has 12 rings (SSSR count). The molecule has 10 N–H and O–H groups in total. The molecule has 126 heavy (non-hydrogen) atoms. The fourth-order valence-electron chi connectivity index (χ4n) is 13.1. The largest absolute Gasteiger partial charge is 0.756 e. The zero-order chi connectivity index (χ0) is 92.5. The van der Waals surface area contributed by atoms with Crippen molar-refractivity contribution in [2.45, 2.75) is 187 Å². The number of oxime groups is 3. The number of hydrogen-bond acceptors (Lipinski definition) is 38. The number of aliphatic hydroxyl groups excluding tert-OH is 4. The number of esters is 1. The monoisotopic (exact) mass is 1950 g/mol. The summed E-state index contributed by atoms with van der Waals surface area (Å²) in [5.74, 6) is -2.87. The molecule has 6 fully saturated rings. The molecule has 53 heteroatoms. The minimum Gasteiger partial charge on any atom is -0.756 e. The standard InChI is InChI=1S/C26H32Cl2N3O12P.C24H30Cl2N3O11P.C23H28Cl2N3O12P/c1-12-5-18(27)17(23(28)24(12)33)8-29-43-19-7-21(31-9-13(2)25(34)30-26(31)35)42-20(19)11-39-44(36,37)38-10-16-6-22(40-14(16)3)41-15(4)32;1-11-4-15(25)14(20(26)21(11)31)7-27-40-16-6-18(29-8-12(2)22(32)28-24(29)34)38-17(16)10-37-41(3,35)36-9-13-5-19(30)39-23(13)33;1-10-3-14(24)13(19(25)20(10)30)6-26-40-15-5-17(28-7-11(2)21(31)27-23(28)33)38-16(15)9-37-41(34,35)36-8-12-4-18(29)39-22(12)32/h5,8-9,14,16,19-22,33H,6-7,10-11H2,1-4H3,(H,36,37)(H,30,34,35);4,7-8,13,16-19,23,30-31,33H,5-6,9-10H2,1-3H3,(H,28,32,34);3,6-7,12,15-18,22,29-30,32H,4-5,8-9H2,1-2H3,(H,34,35)(H,27,31,33)/p-2/b29-8+;27-7+;26-6+/t14?,16-,19+,20+,21+,22?;13-,16+,17+,18+,19?,23?,41?;12-,15+,16+,17+,18?,22?/m000/s1. The van der Waals surface area contributed by atoms with Crippen LogP contribution in [0.3, 0.4) is 0 Å². The smallest absolute Gasteiger partial charge is 0.330 e. The minimum absolute atomic E-state index is 0.00412. The van der Waals surface area contributed by atoms with Gasteiger partial charge in [-0.05, 0) is 83.4 Å². The van der Waals surface area contributed by atoms with Gasteiger partial charge in [0.1, 0.15) is 54.2 Å². The molecule has 0 bridgehead atoms. The summed E-state index contributed by atoms with van der Waals surface area (Å²) < 4.78 is 110. The molecule has 694 valence electrons. The first-order chi connectivity index (χ1) is 59.1. The number of phosphoric ester groups is 2. The van der Waals surface area contributed by atoms with Gasteiger partial charge in [0.25, 0.3) is 32.3 Å². The van der Waals surface area contributed by atoms with Crippen molar-refractivity contribution in [1.29, 1.82) is 0 Å². The molecule has 6 aliphatic heterocycles. The predicted molar refractivity (Wildman–Crippen MR) is 441 cm³/mol. The average molecular weight is 1960 g/mol. The van der Waals surface area contributed by atoms with Gasteiger partial charge >= 0.3 is 30.6 Å². The number of carbonyl (C=O) groups is 1. The Hall–Kier alpha value is -7.31. The second-order valence-electron chi connectivity index (χ2n) is 29.7. The van der Waals surface area contributed by atoms with Gasteiger partial charge in [-0.2, -0.15) is 0 Å². The van der Waals surface area contributed by atoms with Crippen molar-refractivity contribution in [3.63, 3.8) is 0 Å². The number of hydrogen-bond donors (Lipinski definition) is 10. The lowest BCUT2D eigenvalue weighted by Gasteiger charge is -2.27. The van der Waals surface area contributed by atoms with Gasteiger partial charge in [0.2, 0.25) is 6.29 Å². The summed E-state index contributed by atoms with van der Waals surface area (Å²) in [5.41, 5.74) is -1.24. The number of aromatic nitrogens is 6. The zero-order valence-electron chi connectivity index (χ0n) is 67.9. The van der Waals surface area contributed by atoms with Crippen LogP contribution in [0.5, 0.6) is 17.2 Å². The Bertz CT molecular complexity index is 5350. The summed E-state index contributed by atoms with van der Waals surface area (Å²) in [5, 5.41) is 80.9. The van der Waals surface area contributed by atoms with Crippen LogP contribution in [0.4, 0.5) is 0 Å². The van der Waals surface area contributed by atoms with Crippen molar-refractivity contribution in [3.8, 4) is 17.2 Å². The van der Waals surface area contributed by atoms with Crippen LogP contribution in [-0.2, 0) is 93.3 Å². The number of aromatic amines is 3. The third-order valence-electron chi connectivity index (χ3n) is 20.2. The van der Waals surface area contributed by atoms with E-state index in [0.717, 1.165) is 15.3 Å². The molecule has 0 saturated carbocycles. The Morgan fingerprint density at radius 1 is 0.468 bits per heavy atom. The van der Waals surface area contributed by atoms with E-state index in [1.807, 2.05) is 0 Å². The molecular weight excluding hydrogens is 1870 g/mol. The van der Waals surface area contributed by atoms with Gasteiger partial charge in [-0.3, -0.25) is 61.5 Å². The van der Waals surface area contributed by atoms with Gasteiger partial charge in [0.05, 0.1) is 94.5 Å². The number of halogens is 6. The van der Waals surface area contributed by atoms with Crippen LogP contribution in [0.15, 0.2) is 81.0 Å². The third kappa shape index (κ3) is 26.5. The highest BCUT2D eigenvalue weighted by atomic mass is 35.5. The van der Waals surface area contributed by atoms with E-state index in [0.29, 0.717) is 16.7 Å². The van der Waals surface area contributed by atoms with Crippen molar-refractivity contribution >= 4 is 117 Å². The van der Waals surface area contributed by atoms with Gasteiger partial charge in [0, 0.05) is 122 Å². The fraction of sp³-hybridized carbons (Fsp3) is 0.534. The second kappa shape index (κ2) is 43.6. The molecule has 0 spiro atoms. The van der Waals surface area contributed by atoms with Crippen molar-refractivity contribution in [2.75, 3.05) is 46.3 Å². The number of aromatic hydroxyl groups is 3. The fourth-order valence-corrected chi connectivity index (χ4v) is 17.6. The number of nitrogens with one attached hydrogen (secondary N) is 3. The number of H-pyrrole nitrogens is 3. The molecule has 6 aromatic rings. The number of ether oxygens (including phenoxy) is 7. The molecule has 3 aromatic carbocycles. The van der Waals surface area contributed by atoms with Crippen LogP contribution in [0.1, 0.15) is 121 Å². The second-order valence-corrected chi connectivity index (χ2v) is 36.9. The van der Waals surface area contributed by atoms with E-state index in [2.05, 4.69) is 30.4 Å². The van der Waals surface area contributed by atoms with Crippen molar-refractivity contribution in [3.05, 3.63) is 180 Å². The van der Waals surface area contributed by atoms with Crippen LogP contribution < -0.4 is 43.5 Å². The van der Waals surface area contributed by atoms with Gasteiger partial charge in [-0.1, -0.05) is 85.1 Å². The van der Waals surface area contributed by atoms with Crippen LogP contribution in [-0.4, -0.2) is 209 Å². The molecule has 44 nitrogen and oxygen atoms in total. The number of aliphatic hydroxyl groups is 4. The highest BCUT2D eigenvalue weighted by Crippen LogP contribution is 2.49. The van der Waals surface area contributed by atoms with Gasteiger partial charge in [0.15, 0.2) is 43.5 Å². The maximum atomic E-state index is 12.9. The predicted octanol–water partition coefficient (Wildman–Crippen LogP) is 6.14. The molecule has 0 amide bonds. The Morgan fingerprint density at radius 3 is 1.09 bits per heavy atom. The number of rotatable bonds is 31. The number of phosphoric acid groups is 2. The first-order valence-corrected chi connectivity index (χ1v) is 45.3. The first kappa shape index (κ1) is 101. The average Bonchev–Trinajstić information content (AvgIpc) is 1.21. The molecule has 9 heterocycles. The quantitative estimate of drug-likeness (QED) is 0.0101. The number of nitrogens with zero attached hydrogens (tertiary/aromatic N) is 6. The highest BCUT2D eigenvalue weighted by molar-refractivity contribution is 7.53. The number of carbonyl (C=O) groups excluding carboxylic acids is 1. The van der Waals surface area contributed by atoms with Gasteiger partial charge < -0.3 is 120 Å². The van der Waals surface area contributed by atoms with Gasteiger partial charge in [-0.15, -0.1) is 0 Å². The number of phenols is 3. The van der Waals surface area contributed by atoms with Gasteiger partial charge in [-0.25, -0.2) is 14.4 Å². The first-order valence-electron chi connectivity index (χ1n) is 38.1. The molecule has 3 aromatic heterocycles. The lowest BCUT2D eigenvalue weighted by molar-refractivity contribution is -0.232. The van der Waals surface area contributed by atoms with Crippen LogP contribution in [0.25, 0.3) is 0 Å². The minimum atomic E-state index is -4.93. The Balaban J connectivity index is 0.000000197. The van der Waals surface area contributed by atoms with Crippen LogP contribution in [0.2, 0.25) is 30.1 Å². The highest BCUT2D eigenvalue weighted by Gasteiger charge is 2.45. The number of phenolic OH excluding ortho intramolecular Hbond substituents is 3. The molecule has 9 unspecified atom stereocenters. The Morgan fingerprint density at radius 2 is 0.770 bits per heavy atom. The van der Waals surface area contributed by atoms with Crippen LogP contribution in [0, 0.1) is 59.3 Å². The zero-order valence-corrected chi connectivity index (χ0v) is 75.1. The molecule has 6 aliphatic rings. The maximum absolute atomic E-state index is 12.9. The van der Waals surface area contributed by atoms with E-state index < -0.39 is 193 Å². The molecule has 0 aliphatic carbocycles. The van der Waals surface area contributed by atoms with E-state index in [9.17, 15) is 92.8 Å². The summed E-state index contributed by atoms with van der Waals surface area (Å²) in [6.45, 7) is 11.1. The summed E-state index contributed by atoms with van der Waals surface area (Å²) >= 11 is 37.2. The number of aryl methyl sites for hydroxylation is 6. The molecule has 6 saturated heterocycles. The topological polar surface area (TPSA) is 605 Å². The van der Waals surface area contributed by atoms with Crippen molar-refractivity contribution in [2.24, 2.45) is 33.2 Å². The van der Waals surface area contributed by atoms with Crippen molar-refractivity contribution in [1.82, 2.24) is 28.7 Å². The lowest BCUT2D eigenvalue weighted by atomic mass is 10.0. The molecular formula is C73H88Cl6N9O35P3-2. The van der Waals surface area contributed by atoms with E-state index in [1.165, 1.54) is 88.1 Å². The van der Waals surface area contributed by atoms with E-state index in [1.54, 1.807) is 27.7 Å². The summed E-state index contributed by atoms with van der Waals surface area (Å²) in [6, 6.07) is 4.47. The van der Waals surface area contributed by atoms with E-state index in [-0.39, 0.29) is 139 Å². The third-order valence-corrected chi connectivity index (χ3v) is 25.4. The van der Waals surface area contributed by atoms with E-state index in [4.69, 9.17) is 144 Å². The SMILES string of the molecule is CC(=O)OC1C[C@@H](COP(=O)([O-])OC[C@H]2O[C@@H](n3cc(C)c(=O)[nH]c3=O)C[C@H]2O/N=C/c2c(Cl)cc(C)c(O)c2Cl)C(C)O1.Cc1cc(Cl)c(/C=N/O[C@@H]2C[C@H](n3cc(C)c(=O)[nH]c3=O)O[C@@H]2COP(=O)([O-])OC[C@@H]2CC(O)OC2O)c(Cl)c1O.Cc1cc(Cl)c(/C=N/O[C@@H]2C[C@H](n3cc(C)c(=O)[nH]c3=O)O[C@@H]2COP(C)(=O)OC[C@@H]2CC(O)OC2O)c(Cl)c1O. The number of benzene rings is 3. The lowest BCUT2D eigenvalue weighted by Crippen LogP contribution is -2.33. The van der Waals surface area contributed by atoms with E-state index >= 15 is 0 Å². The summed E-state index contributed by atoms with van der Waals surface area (Å²) in [6.07, 6.45) is -7.25. The molecule has 0 radical (unpaired) electrons. The molecule has 21 atom stereocenters. The Labute approximate surface area is 743 Å². The van der Waals surface area contributed by atoms with Crippen LogP contribution >= 0.6 is 92.8 Å². The normalized spacial score (nSPS) is 27.4. The summed E-state index contributed by atoms with van der Waals surface area (Å²) in [4.78, 5) is 132. The summed E-state index contributed by atoms with van der Waals surface area (Å²) in [7, 11) is -13.5.